The van der Waals surface area contributed by atoms with Gasteiger partial charge >= 0.3 is 6.61 Å². The van der Waals surface area contributed by atoms with Crippen LogP contribution in [0.2, 0.25) is 0 Å². The minimum absolute atomic E-state index is 0.143. The number of fused-ring (bicyclic) bond motifs is 3. The van der Waals surface area contributed by atoms with Crippen molar-refractivity contribution in [3.8, 4) is 5.75 Å². The zero-order valence-electron chi connectivity index (χ0n) is 12.0. The van der Waals surface area contributed by atoms with Gasteiger partial charge in [0.2, 0.25) is 0 Å². The molecule has 3 aromatic rings. The Balaban J connectivity index is 1.84. The van der Waals surface area contributed by atoms with E-state index >= 15 is 0 Å². The molecule has 3 nitrogen and oxygen atoms in total. The topological polar surface area (TPSA) is 27.1 Å². The standard InChI is InChI=1S/C17H13F3N2O/c18-10-5-6-14-12(9-10)21-16-8-7-13(22(14)16)11-3-1-2-4-15(11)23-17(19)20/h1-6,9,13,17H,7-8H2. The zero-order chi connectivity index (χ0) is 16.0. The van der Waals surface area contributed by atoms with E-state index in [1.54, 1.807) is 24.3 Å². The summed E-state index contributed by atoms with van der Waals surface area (Å²) in [6, 6.07) is 11.1. The highest BCUT2D eigenvalue weighted by Crippen LogP contribution is 2.39. The Morgan fingerprint density at radius 1 is 1.17 bits per heavy atom. The van der Waals surface area contributed by atoms with E-state index in [0.717, 1.165) is 17.8 Å². The maximum Gasteiger partial charge on any atom is 0.387 e. The van der Waals surface area contributed by atoms with E-state index in [1.807, 2.05) is 4.57 Å². The second-order valence-electron chi connectivity index (χ2n) is 5.50. The quantitative estimate of drug-likeness (QED) is 0.719. The molecule has 118 valence electrons. The first-order valence-electron chi connectivity index (χ1n) is 7.33. The van der Waals surface area contributed by atoms with Gasteiger partial charge in [-0.2, -0.15) is 8.78 Å². The molecule has 2 heterocycles. The molecule has 0 saturated heterocycles. The number of rotatable bonds is 3. The smallest absolute Gasteiger partial charge is 0.387 e. The fraction of sp³-hybridized carbons (Fsp3) is 0.235. The van der Waals surface area contributed by atoms with Gasteiger partial charge in [0.25, 0.3) is 0 Å². The first-order chi connectivity index (χ1) is 11.1. The normalized spacial score (nSPS) is 17.0. The second kappa shape index (κ2) is 5.30. The van der Waals surface area contributed by atoms with Crippen molar-refractivity contribution in [1.29, 1.82) is 0 Å². The van der Waals surface area contributed by atoms with Crippen molar-refractivity contribution < 1.29 is 17.9 Å². The Kier molecular flexibility index (Phi) is 3.25. The number of benzene rings is 2. The molecule has 1 aromatic heterocycles. The predicted molar refractivity (Wildman–Crippen MR) is 79.2 cm³/mol. The lowest BCUT2D eigenvalue weighted by molar-refractivity contribution is -0.0506. The number of para-hydroxylation sites is 1. The van der Waals surface area contributed by atoms with Crippen molar-refractivity contribution in [2.45, 2.75) is 25.5 Å². The van der Waals surface area contributed by atoms with E-state index in [2.05, 4.69) is 9.72 Å². The average molecular weight is 318 g/mol. The molecule has 1 atom stereocenters. The van der Waals surface area contributed by atoms with E-state index in [0.29, 0.717) is 17.5 Å². The van der Waals surface area contributed by atoms with Crippen LogP contribution in [0.3, 0.4) is 0 Å². The summed E-state index contributed by atoms with van der Waals surface area (Å²) in [6.45, 7) is -2.87. The molecule has 0 N–H and O–H groups in total. The van der Waals surface area contributed by atoms with Gasteiger partial charge < -0.3 is 9.30 Å². The van der Waals surface area contributed by atoms with Gasteiger partial charge in [-0.1, -0.05) is 18.2 Å². The van der Waals surface area contributed by atoms with E-state index in [9.17, 15) is 13.2 Å². The van der Waals surface area contributed by atoms with E-state index < -0.39 is 6.61 Å². The van der Waals surface area contributed by atoms with Gasteiger partial charge in [0, 0.05) is 18.1 Å². The first-order valence-corrected chi connectivity index (χ1v) is 7.33. The summed E-state index contributed by atoms with van der Waals surface area (Å²) in [6.07, 6.45) is 1.46. The van der Waals surface area contributed by atoms with Crippen LogP contribution in [-0.4, -0.2) is 16.2 Å². The number of hydrogen-bond acceptors (Lipinski definition) is 2. The van der Waals surface area contributed by atoms with Gasteiger partial charge in [-0.15, -0.1) is 0 Å². The van der Waals surface area contributed by atoms with Crippen molar-refractivity contribution in [2.75, 3.05) is 0 Å². The Labute approximate surface area is 130 Å². The number of aromatic nitrogens is 2. The van der Waals surface area contributed by atoms with Gasteiger partial charge in [0.1, 0.15) is 17.4 Å². The van der Waals surface area contributed by atoms with Crippen molar-refractivity contribution in [3.63, 3.8) is 0 Å². The van der Waals surface area contributed by atoms with Gasteiger partial charge in [0.05, 0.1) is 17.1 Å². The Morgan fingerprint density at radius 3 is 2.83 bits per heavy atom. The lowest BCUT2D eigenvalue weighted by Crippen LogP contribution is -2.10. The zero-order valence-corrected chi connectivity index (χ0v) is 12.0. The molecule has 0 amide bonds. The van der Waals surface area contributed by atoms with Gasteiger partial charge in [0.15, 0.2) is 0 Å². The van der Waals surface area contributed by atoms with Crippen LogP contribution in [-0.2, 0) is 6.42 Å². The highest BCUT2D eigenvalue weighted by molar-refractivity contribution is 5.77. The van der Waals surface area contributed by atoms with Crippen LogP contribution >= 0.6 is 0 Å². The number of alkyl halides is 2. The summed E-state index contributed by atoms with van der Waals surface area (Å²) in [5.41, 5.74) is 2.07. The molecule has 2 aromatic carbocycles. The minimum Gasteiger partial charge on any atom is -0.434 e. The van der Waals surface area contributed by atoms with Crippen LogP contribution < -0.4 is 4.74 Å². The number of nitrogens with zero attached hydrogens (tertiary/aromatic N) is 2. The van der Waals surface area contributed by atoms with Crippen molar-refractivity contribution in [1.82, 2.24) is 9.55 Å². The fourth-order valence-electron chi connectivity index (χ4n) is 3.29. The van der Waals surface area contributed by atoms with Gasteiger partial charge in [-0.3, -0.25) is 0 Å². The Morgan fingerprint density at radius 2 is 2.00 bits per heavy atom. The maximum absolute atomic E-state index is 13.4. The Bertz CT molecular complexity index is 875. The van der Waals surface area contributed by atoms with Gasteiger partial charge in [-0.25, -0.2) is 9.37 Å². The number of hydrogen-bond donors (Lipinski definition) is 0. The highest BCUT2D eigenvalue weighted by atomic mass is 19.3. The molecule has 4 rings (SSSR count). The maximum atomic E-state index is 13.4. The third kappa shape index (κ3) is 2.34. The Hall–Kier alpha value is -2.50. The lowest BCUT2D eigenvalue weighted by Gasteiger charge is -2.18. The van der Waals surface area contributed by atoms with Crippen LogP contribution in [0.1, 0.15) is 23.9 Å². The second-order valence-corrected chi connectivity index (χ2v) is 5.50. The predicted octanol–water partition coefficient (Wildman–Crippen LogP) is 4.31. The summed E-state index contributed by atoms with van der Waals surface area (Å²) in [7, 11) is 0. The SMILES string of the molecule is Fc1ccc2c(c1)nc1n2C(c2ccccc2OC(F)F)CC1. The van der Waals surface area contributed by atoms with Crippen molar-refractivity contribution in [2.24, 2.45) is 0 Å². The van der Waals surface area contributed by atoms with E-state index in [-0.39, 0.29) is 17.6 Å². The molecule has 1 unspecified atom stereocenters. The van der Waals surface area contributed by atoms with Crippen LogP contribution in [0.15, 0.2) is 42.5 Å². The third-order valence-electron chi connectivity index (χ3n) is 4.17. The number of ether oxygens (including phenoxy) is 1. The molecule has 23 heavy (non-hydrogen) atoms. The molecule has 1 aliphatic heterocycles. The summed E-state index contributed by atoms with van der Waals surface area (Å²) < 4.78 is 45.3. The number of halogens is 3. The van der Waals surface area contributed by atoms with Crippen LogP contribution in [0.4, 0.5) is 13.2 Å². The monoisotopic (exact) mass is 318 g/mol. The molecular weight excluding hydrogens is 305 g/mol. The van der Waals surface area contributed by atoms with Gasteiger partial charge in [-0.05, 0) is 24.6 Å². The largest absolute Gasteiger partial charge is 0.434 e. The summed E-state index contributed by atoms with van der Waals surface area (Å²) in [5.74, 6) is 0.666. The van der Waals surface area contributed by atoms with Crippen LogP contribution in [0, 0.1) is 5.82 Å². The molecule has 0 aliphatic carbocycles. The number of aryl methyl sites for hydroxylation is 1. The highest BCUT2D eigenvalue weighted by Gasteiger charge is 2.29. The lowest BCUT2D eigenvalue weighted by atomic mass is 10.0. The average Bonchev–Trinajstić information content (AvgIpc) is 3.05. The fourth-order valence-corrected chi connectivity index (χ4v) is 3.29. The van der Waals surface area contributed by atoms with Crippen molar-refractivity contribution in [3.05, 3.63) is 59.7 Å². The molecule has 0 spiro atoms. The molecule has 1 aliphatic rings. The van der Waals surface area contributed by atoms with Crippen molar-refractivity contribution >= 4 is 11.0 Å². The third-order valence-corrected chi connectivity index (χ3v) is 4.17. The number of imidazole rings is 1. The van der Waals surface area contributed by atoms with Crippen LogP contribution in [0.5, 0.6) is 5.75 Å². The summed E-state index contributed by atoms with van der Waals surface area (Å²) in [4.78, 5) is 4.45. The molecule has 0 bridgehead atoms. The first kappa shape index (κ1) is 14.1. The molecule has 0 saturated carbocycles. The molecular formula is C17H13F3N2O. The molecule has 6 heteroatoms. The molecule has 0 radical (unpaired) electrons. The van der Waals surface area contributed by atoms with E-state index in [4.69, 9.17) is 0 Å². The summed E-state index contributed by atoms with van der Waals surface area (Å²) in [5, 5.41) is 0. The minimum atomic E-state index is -2.87. The van der Waals surface area contributed by atoms with E-state index in [1.165, 1.54) is 18.2 Å². The summed E-state index contributed by atoms with van der Waals surface area (Å²) >= 11 is 0. The van der Waals surface area contributed by atoms with Crippen LogP contribution in [0.25, 0.3) is 11.0 Å². The molecule has 0 fully saturated rings.